The number of methoxy groups -OCH3 is 1. The van der Waals surface area contributed by atoms with E-state index in [9.17, 15) is 0 Å². The van der Waals surface area contributed by atoms with Gasteiger partial charge in [-0.1, -0.05) is 0 Å². The van der Waals surface area contributed by atoms with E-state index in [0.29, 0.717) is 11.9 Å². The molecule has 3 aromatic rings. The van der Waals surface area contributed by atoms with Crippen molar-refractivity contribution in [2.45, 2.75) is 49.9 Å². The van der Waals surface area contributed by atoms with Gasteiger partial charge in [-0.2, -0.15) is 15.0 Å². The monoisotopic (exact) mass is 418 g/mol. The molecule has 0 aromatic carbocycles. The average Bonchev–Trinajstić information content (AvgIpc) is 3.09. The van der Waals surface area contributed by atoms with Gasteiger partial charge in [-0.3, -0.25) is 4.90 Å². The SMILES string of the molecule is COc1nc(-c2ccc(N(C)C3CC4[C@H]5CC[C@@H](C3)N45)nn2)ccc1-c1cnn(C)n1. The summed E-state index contributed by atoms with van der Waals surface area (Å²) in [6.45, 7) is 0. The summed E-state index contributed by atoms with van der Waals surface area (Å²) in [5.74, 6) is 1.41. The van der Waals surface area contributed by atoms with Crippen LogP contribution < -0.4 is 9.64 Å². The second-order valence-corrected chi connectivity index (χ2v) is 8.80. The second-order valence-electron chi connectivity index (χ2n) is 8.80. The van der Waals surface area contributed by atoms with Crippen LogP contribution in [0.5, 0.6) is 5.88 Å². The number of anilines is 1. The van der Waals surface area contributed by atoms with Crippen LogP contribution in [0.15, 0.2) is 30.5 Å². The summed E-state index contributed by atoms with van der Waals surface area (Å²) in [7, 11) is 5.54. The lowest BCUT2D eigenvalue weighted by atomic mass is 9.91. The zero-order valence-electron chi connectivity index (χ0n) is 18.0. The zero-order valence-corrected chi connectivity index (χ0v) is 18.0. The van der Waals surface area contributed by atoms with Crippen molar-refractivity contribution in [1.29, 1.82) is 0 Å². The smallest absolute Gasteiger partial charge is 0.223 e. The number of pyridine rings is 1. The number of ether oxygens (including phenoxy) is 1. The Kier molecular flexibility index (Phi) is 4.21. The van der Waals surface area contributed by atoms with Crippen LogP contribution in [0.3, 0.4) is 0 Å². The number of hydrogen-bond donors (Lipinski definition) is 0. The highest BCUT2D eigenvalue weighted by atomic mass is 16.5. The van der Waals surface area contributed by atoms with E-state index >= 15 is 0 Å². The molecule has 3 aromatic heterocycles. The van der Waals surface area contributed by atoms with Gasteiger partial charge < -0.3 is 9.64 Å². The molecule has 6 rings (SSSR count). The molecule has 6 heterocycles. The van der Waals surface area contributed by atoms with Crippen LogP contribution >= 0.6 is 0 Å². The topological polar surface area (TPSA) is 84.9 Å². The van der Waals surface area contributed by atoms with E-state index in [4.69, 9.17) is 4.74 Å². The summed E-state index contributed by atoms with van der Waals surface area (Å²) >= 11 is 0. The number of piperidine rings is 2. The standard InChI is InChI=1S/C22H26N8O/c1-28(14-10-13-4-8-19-20(11-14)30(13)19)21-9-7-17(25-26-21)16-6-5-15(22(24-16)31-3)18-12-23-29(2)27-18/h5-7,9,12-14,19-20H,4,8,10-11H2,1-3H3/t13-,14?,19+,20?,30?/m0/s1. The summed E-state index contributed by atoms with van der Waals surface area (Å²) in [6.07, 6.45) is 6.92. The van der Waals surface area contributed by atoms with Gasteiger partial charge in [0.05, 0.1) is 24.6 Å². The van der Waals surface area contributed by atoms with Gasteiger partial charge in [0.25, 0.3) is 0 Å². The van der Waals surface area contributed by atoms with E-state index in [-0.39, 0.29) is 0 Å². The van der Waals surface area contributed by atoms with Crippen molar-refractivity contribution in [3.8, 4) is 28.5 Å². The van der Waals surface area contributed by atoms with E-state index in [1.54, 1.807) is 20.4 Å². The highest BCUT2D eigenvalue weighted by Crippen LogP contribution is 2.50. The fraction of sp³-hybridized carbons (Fsp3) is 0.500. The number of rotatable bonds is 5. The molecule has 0 radical (unpaired) electrons. The maximum Gasteiger partial charge on any atom is 0.223 e. The summed E-state index contributed by atoms with van der Waals surface area (Å²) in [4.78, 5) is 11.2. The minimum absolute atomic E-state index is 0.493. The van der Waals surface area contributed by atoms with Crippen molar-refractivity contribution in [1.82, 2.24) is 35.1 Å². The van der Waals surface area contributed by atoms with Crippen molar-refractivity contribution in [3.05, 3.63) is 30.5 Å². The first-order valence-corrected chi connectivity index (χ1v) is 10.9. The van der Waals surface area contributed by atoms with Crippen LogP contribution in [0.2, 0.25) is 0 Å². The first-order chi connectivity index (χ1) is 15.1. The molecule has 3 saturated heterocycles. The summed E-state index contributed by atoms with van der Waals surface area (Å²) in [6, 6.07) is 10.9. The Balaban J connectivity index is 1.21. The van der Waals surface area contributed by atoms with Gasteiger partial charge >= 0.3 is 0 Å². The summed E-state index contributed by atoms with van der Waals surface area (Å²) in [5.41, 5.74) is 2.95. The van der Waals surface area contributed by atoms with Crippen LogP contribution in [-0.4, -0.2) is 73.4 Å². The lowest BCUT2D eigenvalue weighted by Gasteiger charge is -2.35. The van der Waals surface area contributed by atoms with E-state index in [1.165, 1.54) is 30.5 Å². The Morgan fingerprint density at radius 3 is 2.58 bits per heavy atom. The van der Waals surface area contributed by atoms with Crippen molar-refractivity contribution < 1.29 is 4.74 Å². The lowest BCUT2D eigenvalue weighted by molar-refractivity contribution is 0.274. The van der Waals surface area contributed by atoms with Gasteiger partial charge in [0.15, 0.2) is 5.82 Å². The van der Waals surface area contributed by atoms with Crippen molar-refractivity contribution >= 4 is 5.82 Å². The van der Waals surface area contributed by atoms with Gasteiger partial charge in [0, 0.05) is 38.3 Å². The Labute approximate surface area is 181 Å². The van der Waals surface area contributed by atoms with Crippen LogP contribution in [0.1, 0.15) is 25.7 Å². The lowest BCUT2D eigenvalue weighted by Crippen LogP contribution is -2.42. The Bertz CT molecular complexity index is 1110. The highest BCUT2D eigenvalue weighted by Gasteiger charge is 2.59. The van der Waals surface area contributed by atoms with Gasteiger partial charge in [-0.15, -0.1) is 10.2 Å². The van der Waals surface area contributed by atoms with Crippen molar-refractivity contribution in [2.75, 3.05) is 19.1 Å². The molecule has 3 unspecified atom stereocenters. The number of hydrogen-bond acceptors (Lipinski definition) is 8. The molecule has 3 fully saturated rings. The fourth-order valence-corrected chi connectivity index (χ4v) is 5.52. The van der Waals surface area contributed by atoms with E-state index < -0.39 is 0 Å². The summed E-state index contributed by atoms with van der Waals surface area (Å²) < 4.78 is 5.50. The third-order valence-corrected chi connectivity index (χ3v) is 7.15. The third kappa shape index (κ3) is 3.06. The van der Waals surface area contributed by atoms with Crippen LogP contribution in [-0.2, 0) is 7.05 Å². The molecule has 3 aliphatic rings. The van der Waals surface area contributed by atoms with Crippen LogP contribution in [0, 0.1) is 0 Å². The Hall–Kier alpha value is -3.07. The van der Waals surface area contributed by atoms with E-state index in [2.05, 4.69) is 42.2 Å². The number of aryl methyl sites for hydroxylation is 1. The molecule has 9 nitrogen and oxygen atoms in total. The first kappa shape index (κ1) is 18.7. The molecule has 3 aliphatic heterocycles. The van der Waals surface area contributed by atoms with Gasteiger partial charge in [0.1, 0.15) is 11.4 Å². The maximum atomic E-state index is 5.50. The van der Waals surface area contributed by atoms with Gasteiger partial charge in [0.2, 0.25) is 5.88 Å². The fourth-order valence-electron chi connectivity index (χ4n) is 5.52. The van der Waals surface area contributed by atoms with Crippen molar-refractivity contribution in [2.24, 2.45) is 7.05 Å². The molecule has 31 heavy (non-hydrogen) atoms. The maximum absolute atomic E-state index is 5.50. The molecule has 0 saturated carbocycles. The summed E-state index contributed by atoms with van der Waals surface area (Å²) in [5, 5.41) is 17.5. The van der Waals surface area contributed by atoms with E-state index in [0.717, 1.165) is 46.6 Å². The predicted molar refractivity (Wildman–Crippen MR) is 116 cm³/mol. The predicted octanol–water partition coefficient (Wildman–Crippen LogP) is 2.16. The normalized spacial score (nSPS) is 28.3. The molecule has 0 amide bonds. The molecule has 0 spiro atoms. The largest absolute Gasteiger partial charge is 0.480 e. The Morgan fingerprint density at radius 1 is 1.00 bits per heavy atom. The van der Waals surface area contributed by atoms with Crippen molar-refractivity contribution in [3.63, 3.8) is 0 Å². The average molecular weight is 419 g/mol. The van der Waals surface area contributed by atoms with E-state index in [1.807, 2.05) is 24.3 Å². The molecular formula is C22H26N8O. The molecule has 0 N–H and O–H groups in total. The van der Waals surface area contributed by atoms with Crippen LogP contribution in [0.4, 0.5) is 5.82 Å². The third-order valence-electron chi connectivity index (χ3n) is 7.15. The van der Waals surface area contributed by atoms with Crippen LogP contribution in [0.25, 0.3) is 22.6 Å². The molecule has 160 valence electrons. The molecular weight excluding hydrogens is 392 g/mol. The van der Waals surface area contributed by atoms with Gasteiger partial charge in [-0.25, -0.2) is 4.98 Å². The molecule has 0 aliphatic carbocycles. The molecule has 0 bridgehead atoms. The quantitative estimate of drug-likeness (QED) is 0.583. The minimum Gasteiger partial charge on any atom is -0.480 e. The highest BCUT2D eigenvalue weighted by molar-refractivity contribution is 5.68. The Morgan fingerprint density at radius 2 is 1.87 bits per heavy atom. The first-order valence-electron chi connectivity index (χ1n) is 10.9. The second kappa shape index (κ2) is 6.98. The zero-order chi connectivity index (χ0) is 21.1. The molecule has 5 atom stereocenters. The number of aromatic nitrogens is 6. The molecule has 9 heteroatoms. The van der Waals surface area contributed by atoms with Gasteiger partial charge in [-0.05, 0) is 49.9 Å². The number of fused-ring (bicyclic) bond motifs is 1. The minimum atomic E-state index is 0.493. The number of nitrogens with zero attached hydrogens (tertiary/aromatic N) is 8.